The second-order valence-corrected chi connectivity index (χ2v) is 7.80. The number of rotatable bonds is 6. The number of amides is 1. The maximum absolute atomic E-state index is 12.1. The first kappa shape index (κ1) is 18.3. The smallest absolute Gasteiger partial charge is 0.342 e. The Labute approximate surface area is 141 Å². The molecule has 0 radical (unpaired) electrons. The van der Waals surface area contributed by atoms with Crippen molar-refractivity contribution in [3.63, 3.8) is 0 Å². The molecule has 1 aromatic carbocycles. The van der Waals surface area contributed by atoms with Crippen LogP contribution in [0.1, 0.15) is 23.7 Å². The zero-order valence-corrected chi connectivity index (χ0v) is 14.5. The number of ether oxygens (including phenoxy) is 2. The first-order valence-corrected chi connectivity index (χ1v) is 9.51. The van der Waals surface area contributed by atoms with Crippen LogP contribution in [0.25, 0.3) is 0 Å². The van der Waals surface area contributed by atoms with Gasteiger partial charge in [0.15, 0.2) is 16.4 Å². The summed E-state index contributed by atoms with van der Waals surface area (Å²) in [6.07, 6.45) is 0.408. The van der Waals surface area contributed by atoms with Gasteiger partial charge in [-0.15, -0.1) is 0 Å². The number of benzene rings is 1. The van der Waals surface area contributed by atoms with Crippen LogP contribution in [-0.2, 0) is 19.4 Å². The summed E-state index contributed by atoms with van der Waals surface area (Å²) in [4.78, 5) is 25.6. The van der Waals surface area contributed by atoms with E-state index in [1.54, 1.807) is 31.2 Å². The lowest BCUT2D eigenvalue weighted by atomic mass is 10.2. The summed E-state index contributed by atoms with van der Waals surface area (Å²) in [6, 6.07) is 6.26. The third kappa shape index (κ3) is 4.47. The second-order valence-electron chi connectivity index (χ2n) is 5.57. The van der Waals surface area contributed by atoms with Crippen molar-refractivity contribution in [2.24, 2.45) is 0 Å². The molecular formula is C16H21NO6S. The summed E-state index contributed by atoms with van der Waals surface area (Å²) < 4.78 is 33.4. The van der Waals surface area contributed by atoms with Gasteiger partial charge in [-0.2, -0.15) is 0 Å². The Morgan fingerprint density at radius 1 is 1.29 bits per heavy atom. The summed E-state index contributed by atoms with van der Waals surface area (Å²) in [5.41, 5.74) is 0.248. The van der Waals surface area contributed by atoms with Gasteiger partial charge in [-0.05, 0) is 25.5 Å². The highest BCUT2D eigenvalue weighted by atomic mass is 32.2. The zero-order valence-electron chi connectivity index (χ0n) is 13.7. The SMILES string of the molecule is CCOc1ccccc1C(=O)OCC(=O)N(C)[C@@H]1CCS(=O)(=O)C1. The van der Waals surface area contributed by atoms with Crippen molar-refractivity contribution in [1.82, 2.24) is 4.90 Å². The van der Waals surface area contributed by atoms with Crippen molar-refractivity contribution in [3.05, 3.63) is 29.8 Å². The summed E-state index contributed by atoms with van der Waals surface area (Å²) in [5.74, 6) is -0.653. The molecule has 0 spiro atoms. The number of hydrogen-bond acceptors (Lipinski definition) is 6. The van der Waals surface area contributed by atoms with Crippen molar-refractivity contribution >= 4 is 21.7 Å². The molecule has 1 aliphatic heterocycles. The number of esters is 1. The standard InChI is InChI=1S/C16H21NO6S/c1-3-22-14-7-5-4-6-13(14)16(19)23-10-15(18)17(2)12-8-9-24(20,21)11-12/h4-7,12H,3,8-11H2,1-2H3/t12-/m1/s1. The van der Waals surface area contributed by atoms with Crippen LogP contribution in [0.15, 0.2) is 24.3 Å². The molecular weight excluding hydrogens is 334 g/mol. The number of carbonyl (C=O) groups is 2. The zero-order chi connectivity index (χ0) is 17.7. The molecule has 1 atom stereocenters. The molecule has 1 fully saturated rings. The Hall–Kier alpha value is -2.09. The van der Waals surface area contributed by atoms with Gasteiger partial charge in [0.2, 0.25) is 0 Å². The highest BCUT2D eigenvalue weighted by Gasteiger charge is 2.33. The normalized spacial score (nSPS) is 18.8. The molecule has 1 heterocycles. The van der Waals surface area contributed by atoms with E-state index in [9.17, 15) is 18.0 Å². The molecule has 0 aromatic heterocycles. The van der Waals surface area contributed by atoms with E-state index in [2.05, 4.69) is 0 Å². The lowest BCUT2D eigenvalue weighted by Crippen LogP contribution is -2.40. The fraction of sp³-hybridized carbons (Fsp3) is 0.500. The molecule has 0 aliphatic carbocycles. The molecule has 1 aliphatic rings. The van der Waals surface area contributed by atoms with Gasteiger partial charge in [0.1, 0.15) is 11.3 Å². The highest BCUT2D eigenvalue weighted by molar-refractivity contribution is 7.91. The van der Waals surface area contributed by atoms with E-state index in [0.29, 0.717) is 18.8 Å². The second kappa shape index (κ2) is 7.65. The summed E-state index contributed by atoms with van der Waals surface area (Å²) in [7, 11) is -1.55. The van der Waals surface area contributed by atoms with Crippen LogP contribution in [-0.4, -0.2) is 63.0 Å². The number of likely N-dealkylation sites (N-methyl/N-ethyl adjacent to an activating group) is 1. The predicted molar refractivity (Wildman–Crippen MR) is 87.7 cm³/mol. The van der Waals surface area contributed by atoms with Crippen LogP contribution >= 0.6 is 0 Å². The van der Waals surface area contributed by atoms with Crippen LogP contribution in [0.5, 0.6) is 5.75 Å². The van der Waals surface area contributed by atoms with Crippen LogP contribution in [0.4, 0.5) is 0 Å². The monoisotopic (exact) mass is 355 g/mol. The minimum absolute atomic E-state index is 0.0453. The topological polar surface area (TPSA) is 90.0 Å². The molecule has 1 amide bonds. The molecule has 24 heavy (non-hydrogen) atoms. The van der Waals surface area contributed by atoms with Gasteiger partial charge in [0, 0.05) is 13.1 Å². The van der Waals surface area contributed by atoms with Gasteiger partial charge in [0.25, 0.3) is 5.91 Å². The number of sulfone groups is 1. The molecule has 132 valence electrons. The van der Waals surface area contributed by atoms with E-state index in [-0.39, 0.29) is 23.1 Å². The summed E-state index contributed by atoms with van der Waals surface area (Å²) >= 11 is 0. The molecule has 0 saturated carbocycles. The first-order chi connectivity index (χ1) is 11.3. The average molecular weight is 355 g/mol. The fourth-order valence-corrected chi connectivity index (χ4v) is 4.28. The highest BCUT2D eigenvalue weighted by Crippen LogP contribution is 2.19. The number of hydrogen-bond donors (Lipinski definition) is 0. The molecule has 2 rings (SSSR count). The Bertz CT molecular complexity index is 715. The number of para-hydroxylation sites is 1. The van der Waals surface area contributed by atoms with Gasteiger partial charge in [-0.3, -0.25) is 4.79 Å². The molecule has 0 bridgehead atoms. The molecule has 0 N–H and O–H groups in total. The number of nitrogens with zero attached hydrogens (tertiary/aromatic N) is 1. The lowest BCUT2D eigenvalue weighted by molar-refractivity contribution is -0.134. The van der Waals surface area contributed by atoms with Crippen molar-refractivity contribution in [3.8, 4) is 5.75 Å². The predicted octanol–water partition coefficient (Wildman–Crippen LogP) is 0.888. The minimum Gasteiger partial charge on any atom is -0.493 e. The van der Waals surface area contributed by atoms with Gasteiger partial charge in [-0.25, -0.2) is 13.2 Å². The fourth-order valence-electron chi connectivity index (χ4n) is 2.51. The minimum atomic E-state index is -3.08. The Kier molecular flexibility index (Phi) is 5.82. The van der Waals surface area contributed by atoms with E-state index < -0.39 is 28.3 Å². The molecule has 7 nitrogen and oxygen atoms in total. The quantitative estimate of drug-likeness (QED) is 0.704. The van der Waals surface area contributed by atoms with Gasteiger partial charge in [-0.1, -0.05) is 12.1 Å². The Balaban J connectivity index is 1.93. The van der Waals surface area contributed by atoms with E-state index in [4.69, 9.17) is 9.47 Å². The van der Waals surface area contributed by atoms with Crippen molar-refractivity contribution < 1.29 is 27.5 Å². The largest absolute Gasteiger partial charge is 0.493 e. The van der Waals surface area contributed by atoms with Crippen LogP contribution < -0.4 is 4.74 Å². The molecule has 0 unspecified atom stereocenters. The molecule has 1 saturated heterocycles. The van der Waals surface area contributed by atoms with Crippen molar-refractivity contribution in [2.45, 2.75) is 19.4 Å². The maximum atomic E-state index is 12.1. The third-order valence-corrected chi connectivity index (χ3v) is 5.63. The molecule has 8 heteroatoms. The van der Waals surface area contributed by atoms with E-state index in [1.807, 2.05) is 0 Å². The van der Waals surface area contributed by atoms with Crippen LogP contribution in [0.3, 0.4) is 0 Å². The van der Waals surface area contributed by atoms with Gasteiger partial charge in [0.05, 0.1) is 18.1 Å². The van der Waals surface area contributed by atoms with Crippen molar-refractivity contribution in [1.29, 1.82) is 0 Å². The van der Waals surface area contributed by atoms with Gasteiger partial charge < -0.3 is 14.4 Å². The Morgan fingerprint density at radius 2 is 2.00 bits per heavy atom. The first-order valence-electron chi connectivity index (χ1n) is 7.69. The molecule has 1 aromatic rings. The van der Waals surface area contributed by atoms with Crippen molar-refractivity contribution in [2.75, 3.05) is 31.8 Å². The average Bonchev–Trinajstić information content (AvgIpc) is 2.92. The number of carbonyl (C=O) groups excluding carboxylic acids is 2. The van der Waals surface area contributed by atoms with Crippen LogP contribution in [0, 0.1) is 0 Å². The third-order valence-electron chi connectivity index (χ3n) is 3.88. The van der Waals surface area contributed by atoms with E-state index in [1.165, 1.54) is 11.9 Å². The summed E-state index contributed by atoms with van der Waals surface area (Å²) in [6.45, 7) is 1.77. The Morgan fingerprint density at radius 3 is 2.62 bits per heavy atom. The van der Waals surface area contributed by atoms with E-state index >= 15 is 0 Å². The maximum Gasteiger partial charge on any atom is 0.342 e. The lowest BCUT2D eigenvalue weighted by Gasteiger charge is -2.23. The van der Waals surface area contributed by atoms with E-state index in [0.717, 1.165) is 0 Å². The van der Waals surface area contributed by atoms with Gasteiger partial charge >= 0.3 is 5.97 Å². The summed E-state index contributed by atoms with van der Waals surface area (Å²) in [5, 5.41) is 0. The van der Waals surface area contributed by atoms with Crippen LogP contribution in [0.2, 0.25) is 0 Å².